The van der Waals surface area contributed by atoms with Crippen molar-refractivity contribution in [2.75, 3.05) is 23.4 Å². The monoisotopic (exact) mass is 328 g/mol. The molecule has 21 heavy (non-hydrogen) atoms. The molecular formula is C14H20N2O3S2. The molecule has 1 aliphatic rings. The Hall–Kier alpha value is -1.08. The van der Waals surface area contributed by atoms with Crippen molar-refractivity contribution in [3.05, 3.63) is 11.1 Å². The molecule has 1 saturated heterocycles. The van der Waals surface area contributed by atoms with Crippen LogP contribution >= 0.6 is 23.1 Å². The van der Waals surface area contributed by atoms with Gasteiger partial charge in [-0.3, -0.25) is 9.59 Å². The minimum absolute atomic E-state index is 0.0175. The number of carbonyl (C=O) groups is 2. The van der Waals surface area contributed by atoms with Gasteiger partial charge in [0.15, 0.2) is 5.13 Å². The summed E-state index contributed by atoms with van der Waals surface area (Å²) in [5.74, 6) is 2.52. The van der Waals surface area contributed by atoms with Crippen LogP contribution in [-0.2, 0) is 20.7 Å². The Labute approximate surface area is 132 Å². The van der Waals surface area contributed by atoms with Crippen molar-refractivity contribution in [1.82, 2.24) is 4.98 Å². The van der Waals surface area contributed by atoms with E-state index in [9.17, 15) is 9.59 Å². The van der Waals surface area contributed by atoms with Gasteiger partial charge in [0.1, 0.15) is 0 Å². The van der Waals surface area contributed by atoms with E-state index in [0.717, 1.165) is 24.3 Å². The third-order valence-electron chi connectivity index (χ3n) is 3.24. The molecule has 1 fully saturated rings. The summed E-state index contributed by atoms with van der Waals surface area (Å²) in [5.41, 5.74) is 0.641. The molecule has 0 saturated carbocycles. The van der Waals surface area contributed by atoms with Gasteiger partial charge in [-0.2, -0.15) is 11.8 Å². The van der Waals surface area contributed by atoms with Crippen molar-refractivity contribution in [3.63, 3.8) is 0 Å². The molecule has 2 heterocycles. The molecule has 0 bridgehead atoms. The Morgan fingerprint density at radius 1 is 1.43 bits per heavy atom. The molecule has 0 atom stereocenters. The number of thioether (sulfide) groups is 1. The Morgan fingerprint density at radius 2 is 2.19 bits per heavy atom. The van der Waals surface area contributed by atoms with Crippen LogP contribution in [-0.4, -0.2) is 35.0 Å². The molecule has 7 heteroatoms. The number of nitrogens with one attached hydrogen (secondary N) is 1. The first-order valence-electron chi connectivity index (χ1n) is 7.15. The van der Waals surface area contributed by atoms with Gasteiger partial charge in [-0.05, 0) is 37.2 Å². The second-order valence-corrected chi connectivity index (χ2v) is 7.02. The van der Waals surface area contributed by atoms with Gasteiger partial charge in [0, 0.05) is 11.8 Å². The molecule has 1 N–H and O–H groups in total. The van der Waals surface area contributed by atoms with Crippen molar-refractivity contribution in [3.8, 4) is 0 Å². The lowest BCUT2D eigenvalue weighted by molar-refractivity contribution is -0.142. The average molecular weight is 328 g/mol. The summed E-state index contributed by atoms with van der Waals surface area (Å²) >= 11 is 3.30. The number of ether oxygens (including phenoxy) is 1. The third kappa shape index (κ3) is 5.67. The Balaban J connectivity index is 1.78. The van der Waals surface area contributed by atoms with Crippen molar-refractivity contribution in [1.29, 1.82) is 0 Å². The number of carbonyl (C=O) groups excluding carboxylic acids is 2. The minimum atomic E-state index is -0.291. The summed E-state index contributed by atoms with van der Waals surface area (Å²) in [6.07, 6.45) is 2.95. The first-order valence-corrected chi connectivity index (χ1v) is 9.18. The van der Waals surface area contributed by atoms with E-state index < -0.39 is 0 Å². The SMILES string of the molecule is CCOC(=O)Cc1csc(NC(=O)CC2CCSCC2)n1. The van der Waals surface area contributed by atoms with Crippen LogP contribution in [0.1, 0.15) is 31.9 Å². The maximum absolute atomic E-state index is 12.0. The van der Waals surface area contributed by atoms with E-state index in [0.29, 0.717) is 29.8 Å². The van der Waals surface area contributed by atoms with E-state index in [-0.39, 0.29) is 18.3 Å². The minimum Gasteiger partial charge on any atom is -0.466 e. The summed E-state index contributed by atoms with van der Waals surface area (Å²) in [5, 5.41) is 5.17. The molecule has 116 valence electrons. The number of nitrogens with zero attached hydrogens (tertiary/aromatic N) is 1. The standard InChI is InChI=1S/C14H20N2O3S2/c1-2-19-13(18)8-11-9-21-14(15-11)16-12(17)7-10-3-5-20-6-4-10/h9-10H,2-8H2,1H3,(H,15,16,17). The molecule has 0 aliphatic carbocycles. The molecule has 1 aromatic heterocycles. The second-order valence-electron chi connectivity index (χ2n) is 4.93. The van der Waals surface area contributed by atoms with Gasteiger partial charge in [0.2, 0.25) is 5.91 Å². The van der Waals surface area contributed by atoms with Gasteiger partial charge < -0.3 is 10.1 Å². The van der Waals surface area contributed by atoms with Crippen molar-refractivity contribution in [2.24, 2.45) is 5.92 Å². The fourth-order valence-electron chi connectivity index (χ4n) is 2.19. The van der Waals surface area contributed by atoms with E-state index >= 15 is 0 Å². The van der Waals surface area contributed by atoms with E-state index in [1.165, 1.54) is 11.3 Å². The zero-order valence-electron chi connectivity index (χ0n) is 12.1. The number of thiazole rings is 1. The van der Waals surface area contributed by atoms with E-state index in [4.69, 9.17) is 4.74 Å². The Bertz CT molecular complexity index is 484. The number of amides is 1. The third-order valence-corrected chi connectivity index (χ3v) is 5.10. The van der Waals surface area contributed by atoms with E-state index in [2.05, 4.69) is 10.3 Å². The summed E-state index contributed by atoms with van der Waals surface area (Å²) in [6, 6.07) is 0. The normalized spacial score (nSPS) is 15.7. The Morgan fingerprint density at radius 3 is 2.90 bits per heavy atom. The van der Waals surface area contributed by atoms with Gasteiger partial charge in [-0.15, -0.1) is 11.3 Å². The lowest BCUT2D eigenvalue weighted by Gasteiger charge is -2.20. The number of hydrogen-bond donors (Lipinski definition) is 1. The van der Waals surface area contributed by atoms with Gasteiger partial charge in [-0.1, -0.05) is 0 Å². The van der Waals surface area contributed by atoms with E-state index in [1.54, 1.807) is 12.3 Å². The highest BCUT2D eigenvalue weighted by Gasteiger charge is 2.18. The molecule has 0 spiro atoms. The summed E-state index contributed by atoms with van der Waals surface area (Å²) in [6.45, 7) is 2.14. The van der Waals surface area contributed by atoms with Crippen molar-refractivity contribution < 1.29 is 14.3 Å². The van der Waals surface area contributed by atoms with Crippen molar-refractivity contribution in [2.45, 2.75) is 32.6 Å². The second kappa shape index (κ2) is 8.38. The van der Waals surface area contributed by atoms with Crippen LogP contribution in [0.15, 0.2) is 5.38 Å². The van der Waals surface area contributed by atoms with Crippen LogP contribution < -0.4 is 5.32 Å². The molecule has 1 aliphatic heterocycles. The van der Waals surface area contributed by atoms with Crippen molar-refractivity contribution >= 4 is 40.1 Å². The van der Waals surface area contributed by atoms with Crippen LogP contribution in [0.4, 0.5) is 5.13 Å². The molecule has 0 aromatic carbocycles. The number of anilines is 1. The largest absolute Gasteiger partial charge is 0.466 e. The summed E-state index contributed by atoms with van der Waals surface area (Å²) in [4.78, 5) is 27.6. The van der Waals surface area contributed by atoms with Gasteiger partial charge in [-0.25, -0.2) is 4.98 Å². The molecule has 1 aromatic rings. The molecule has 0 radical (unpaired) electrons. The van der Waals surface area contributed by atoms with Crippen LogP contribution in [0.3, 0.4) is 0 Å². The summed E-state index contributed by atoms with van der Waals surface area (Å²) < 4.78 is 4.87. The average Bonchev–Trinajstić information content (AvgIpc) is 2.87. The zero-order valence-corrected chi connectivity index (χ0v) is 13.7. The lowest BCUT2D eigenvalue weighted by Crippen LogP contribution is -2.19. The van der Waals surface area contributed by atoms with Crippen LogP contribution in [0.25, 0.3) is 0 Å². The number of esters is 1. The van der Waals surface area contributed by atoms with Crippen LogP contribution in [0.5, 0.6) is 0 Å². The lowest BCUT2D eigenvalue weighted by atomic mass is 9.99. The highest BCUT2D eigenvalue weighted by Crippen LogP contribution is 2.26. The van der Waals surface area contributed by atoms with Crippen LogP contribution in [0.2, 0.25) is 0 Å². The number of hydrogen-bond acceptors (Lipinski definition) is 6. The summed E-state index contributed by atoms with van der Waals surface area (Å²) in [7, 11) is 0. The van der Waals surface area contributed by atoms with E-state index in [1.807, 2.05) is 11.8 Å². The van der Waals surface area contributed by atoms with Crippen LogP contribution in [0, 0.1) is 5.92 Å². The quantitative estimate of drug-likeness (QED) is 0.813. The predicted octanol–water partition coefficient (Wildman–Crippen LogP) is 2.72. The highest BCUT2D eigenvalue weighted by molar-refractivity contribution is 7.99. The topological polar surface area (TPSA) is 68.3 Å². The number of rotatable bonds is 6. The molecule has 0 unspecified atom stereocenters. The first kappa shape index (κ1) is 16.3. The predicted molar refractivity (Wildman–Crippen MR) is 85.7 cm³/mol. The van der Waals surface area contributed by atoms with Gasteiger partial charge in [0.05, 0.1) is 18.7 Å². The zero-order chi connectivity index (χ0) is 15.1. The highest BCUT2D eigenvalue weighted by atomic mass is 32.2. The molecule has 1 amide bonds. The number of aromatic nitrogens is 1. The van der Waals surface area contributed by atoms with Gasteiger partial charge >= 0.3 is 5.97 Å². The fourth-order valence-corrected chi connectivity index (χ4v) is 4.12. The smallest absolute Gasteiger partial charge is 0.311 e. The maximum atomic E-state index is 12.0. The molecule has 5 nitrogen and oxygen atoms in total. The Kier molecular flexibility index (Phi) is 6.50. The first-order chi connectivity index (χ1) is 10.2. The maximum Gasteiger partial charge on any atom is 0.311 e. The fraction of sp³-hybridized carbons (Fsp3) is 0.643. The molecular weight excluding hydrogens is 308 g/mol. The van der Waals surface area contributed by atoms with Gasteiger partial charge in [0.25, 0.3) is 0 Å². The molecule has 2 rings (SSSR count).